The average molecular weight is 285 g/mol. The third-order valence-electron chi connectivity index (χ3n) is 3.00. The fourth-order valence-electron chi connectivity index (χ4n) is 2.08. The average Bonchev–Trinajstić information content (AvgIpc) is 2.39. The van der Waals surface area contributed by atoms with E-state index in [2.05, 4.69) is 4.65 Å². The topological polar surface area (TPSA) is 87.1 Å². The minimum Gasteiger partial charge on any atom is -0.512 e. The van der Waals surface area contributed by atoms with Crippen molar-refractivity contribution in [1.29, 1.82) is 0 Å². The highest BCUT2D eigenvalue weighted by molar-refractivity contribution is 7.89. The fourth-order valence-corrected chi connectivity index (χ4v) is 3.64. The van der Waals surface area contributed by atoms with Gasteiger partial charge in [0.25, 0.3) is 0 Å². The number of hydrogen-bond acceptors (Lipinski definition) is 5. The lowest BCUT2D eigenvalue weighted by molar-refractivity contribution is 0.287. The molecular formula is C11H16BNO5S. The van der Waals surface area contributed by atoms with Crippen molar-refractivity contribution < 1.29 is 23.1 Å². The van der Waals surface area contributed by atoms with E-state index >= 15 is 0 Å². The van der Waals surface area contributed by atoms with E-state index in [-0.39, 0.29) is 10.6 Å². The van der Waals surface area contributed by atoms with Crippen molar-refractivity contribution in [2.75, 3.05) is 13.1 Å². The molecular weight excluding hydrogens is 269 g/mol. The molecule has 104 valence electrons. The number of nitrogens with zero attached hydrogens (tertiary/aromatic N) is 1. The Kier molecular flexibility index (Phi) is 4.46. The third-order valence-corrected chi connectivity index (χ3v) is 4.89. The minimum absolute atomic E-state index is 0.104. The van der Waals surface area contributed by atoms with Gasteiger partial charge in [-0.1, -0.05) is 12.5 Å². The zero-order chi connectivity index (χ0) is 13.9. The highest BCUT2D eigenvalue weighted by Crippen LogP contribution is 2.23. The number of hydrogen-bond donors (Lipinski definition) is 2. The molecule has 1 aromatic carbocycles. The van der Waals surface area contributed by atoms with E-state index in [4.69, 9.17) is 10.0 Å². The van der Waals surface area contributed by atoms with E-state index in [1.54, 1.807) is 0 Å². The van der Waals surface area contributed by atoms with E-state index < -0.39 is 17.3 Å². The monoisotopic (exact) mass is 285 g/mol. The first kappa shape index (κ1) is 14.3. The van der Waals surface area contributed by atoms with Crippen molar-refractivity contribution in [3.8, 4) is 5.75 Å². The Bertz CT molecular complexity index is 528. The Balaban J connectivity index is 2.24. The molecule has 6 nitrogen and oxygen atoms in total. The van der Waals surface area contributed by atoms with Crippen molar-refractivity contribution in [3.63, 3.8) is 0 Å². The zero-order valence-corrected chi connectivity index (χ0v) is 11.2. The van der Waals surface area contributed by atoms with Crippen LogP contribution in [0.5, 0.6) is 5.75 Å². The van der Waals surface area contributed by atoms with Crippen molar-refractivity contribution in [1.82, 2.24) is 4.31 Å². The van der Waals surface area contributed by atoms with Gasteiger partial charge in [0.1, 0.15) is 5.75 Å². The molecule has 0 spiro atoms. The zero-order valence-electron chi connectivity index (χ0n) is 10.4. The lowest BCUT2D eigenvalue weighted by Crippen LogP contribution is -2.35. The van der Waals surface area contributed by atoms with Gasteiger partial charge in [0.2, 0.25) is 10.0 Å². The molecule has 1 aliphatic heterocycles. The maximum Gasteiger partial charge on any atom is 0.707 e. The second-order valence-corrected chi connectivity index (χ2v) is 6.32. The second-order valence-electron chi connectivity index (χ2n) is 4.38. The van der Waals surface area contributed by atoms with Crippen LogP contribution in [0.3, 0.4) is 0 Å². The van der Waals surface area contributed by atoms with Crippen LogP contribution in [0, 0.1) is 0 Å². The van der Waals surface area contributed by atoms with Crippen LogP contribution in [0.25, 0.3) is 0 Å². The van der Waals surface area contributed by atoms with E-state index in [1.165, 1.54) is 28.6 Å². The van der Waals surface area contributed by atoms with E-state index in [0.29, 0.717) is 13.1 Å². The van der Waals surface area contributed by atoms with E-state index in [0.717, 1.165) is 19.3 Å². The molecule has 0 radical (unpaired) electrons. The lowest BCUT2D eigenvalue weighted by atomic mass is 10.2. The number of rotatable bonds is 4. The van der Waals surface area contributed by atoms with Gasteiger partial charge in [-0.25, -0.2) is 8.42 Å². The number of sulfonamides is 1. The molecule has 0 aromatic heterocycles. The molecule has 0 unspecified atom stereocenters. The summed E-state index contributed by atoms with van der Waals surface area (Å²) in [5.74, 6) is 0.105. The molecule has 1 heterocycles. The summed E-state index contributed by atoms with van der Waals surface area (Å²) in [7, 11) is -5.50. The first-order valence-corrected chi connectivity index (χ1v) is 7.57. The normalized spacial score (nSPS) is 17.2. The minimum atomic E-state index is -3.53. The van der Waals surface area contributed by atoms with E-state index in [9.17, 15) is 8.42 Å². The van der Waals surface area contributed by atoms with Gasteiger partial charge < -0.3 is 14.7 Å². The van der Waals surface area contributed by atoms with Crippen LogP contribution >= 0.6 is 0 Å². The van der Waals surface area contributed by atoms with Gasteiger partial charge in [0, 0.05) is 13.1 Å². The van der Waals surface area contributed by atoms with Crippen LogP contribution < -0.4 is 4.65 Å². The molecule has 1 saturated heterocycles. The second kappa shape index (κ2) is 5.91. The summed E-state index contributed by atoms with van der Waals surface area (Å²) >= 11 is 0. The predicted octanol–water partition coefficient (Wildman–Crippen LogP) is 0.210. The fraction of sp³-hybridized carbons (Fsp3) is 0.455. The highest BCUT2D eigenvalue weighted by Gasteiger charge is 2.26. The van der Waals surface area contributed by atoms with Crippen LogP contribution in [0.2, 0.25) is 0 Å². The van der Waals surface area contributed by atoms with Crippen molar-refractivity contribution in [2.24, 2.45) is 0 Å². The first-order valence-electron chi connectivity index (χ1n) is 6.13. The van der Waals surface area contributed by atoms with Crippen molar-refractivity contribution >= 4 is 17.3 Å². The van der Waals surface area contributed by atoms with Crippen LogP contribution in [0.4, 0.5) is 0 Å². The summed E-state index contributed by atoms with van der Waals surface area (Å²) in [5, 5.41) is 17.4. The van der Waals surface area contributed by atoms with Crippen LogP contribution in [-0.4, -0.2) is 43.2 Å². The Labute approximate surface area is 112 Å². The molecule has 1 aromatic rings. The van der Waals surface area contributed by atoms with Gasteiger partial charge in [-0.2, -0.15) is 4.31 Å². The molecule has 0 atom stereocenters. The molecule has 8 heteroatoms. The number of piperidine rings is 1. The van der Waals surface area contributed by atoms with Gasteiger partial charge in [-0.3, -0.25) is 0 Å². The summed E-state index contributed by atoms with van der Waals surface area (Å²) in [6.07, 6.45) is 2.78. The maximum absolute atomic E-state index is 12.4. The molecule has 1 fully saturated rings. The number of benzene rings is 1. The Morgan fingerprint density at radius 2 is 1.84 bits per heavy atom. The molecule has 2 rings (SSSR count). The first-order chi connectivity index (χ1) is 9.00. The van der Waals surface area contributed by atoms with Crippen molar-refractivity contribution in [2.45, 2.75) is 24.2 Å². The predicted molar refractivity (Wildman–Crippen MR) is 69.9 cm³/mol. The Hall–Kier alpha value is -1.09. The van der Waals surface area contributed by atoms with Gasteiger partial charge in [-0.05, 0) is 31.0 Å². The largest absolute Gasteiger partial charge is 0.707 e. The summed E-state index contributed by atoms with van der Waals surface area (Å²) in [4.78, 5) is 0.104. The van der Waals surface area contributed by atoms with Gasteiger partial charge in [-0.15, -0.1) is 0 Å². The molecule has 2 N–H and O–H groups in total. The summed E-state index contributed by atoms with van der Waals surface area (Å²) in [6, 6.07) is 5.74. The maximum atomic E-state index is 12.4. The van der Waals surface area contributed by atoms with Gasteiger partial charge >= 0.3 is 7.32 Å². The summed E-state index contributed by atoms with van der Waals surface area (Å²) in [5.41, 5.74) is 0. The highest BCUT2D eigenvalue weighted by atomic mass is 32.2. The van der Waals surface area contributed by atoms with Gasteiger partial charge in [0.15, 0.2) is 0 Å². The molecule has 0 amide bonds. The van der Waals surface area contributed by atoms with E-state index in [1.807, 2.05) is 0 Å². The molecule has 0 saturated carbocycles. The summed E-state index contributed by atoms with van der Waals surface area (Å²) in [6.45, 7) is 1.05. The molecule has 1 aliphatic rings. The SMILES string of the molecule is O=S(=O)(c1cccc(OB(O)O)c1)N1CCCCC1. The van der Waals surface area contributed by atoms with Crippen LogP contribution in [0.15, 0.2) is 29.2 Å². The third kappa shape index (κ3) is 3.47. The van der Waals surface area contributed by atoms with Crippen molar-refractivity contribution in [3.05, 3.63) is 24.3 Å². The van der Waals surface area contributed by atoms with Crippen LogP contribution in [0.1, 0.15) is 19.3 Å². The quantitative estimate of drug-likeness (QED) is 0.772. The Morgan fingerprint density at radius 3 is 2.47 bits per heavy atom. The van der Waals surface area contributed by atoms with Gasteiger partial charge in [0.05, 0.1) is 4.90 Å². The molecule has 0 aliphatic carbocycles. The smallest absolute Gasteiger partial charge is 0.512 e. The molecule has 19 heavy (non-hydrogen) atoms. The lowest BCUT2D eigenvalue weighted by Gasteiger charge is -2.26. The summed E-state index contributed by atoms with van der Waals surface area (Å²) < 4.78 is 30.9. The van der Waals surface area contributed by atoms with Crippen LogP contribution in [-0.2, 0) is 10.0 Å². The molecule has 0 bridgehead atoms. The standard InChI is InChI=1S/C11H16BNO5S/c14-12(15)18-10-5-4-6-11(9-10)19(16,17)13-7-2-1-3-8-13/h4-6,9,14-15H,1-3,7-8H2. The Morgan fingerprint density at radius 1 is 1.16 bits per heavy atom.